The van der Waals surface area contributed by atoms with E-state index in [4.69, 9.17) is 9.47 Å². The van der Waals surface area contributed by atoms with E-state index >= 15 is 0 Å². The van der Waals surface area contributed by atoms with Gasteiger partial charge in [-0.3, -0.25) is 4.79 Å². The van der Waals surface area contributed by atoms with Gasteiger partial charge in [-0.05, 0) is 24.3 Å². The minimum Gasteiger partial charge on any atom is -0.486 e. The first kappa shape index (κ1) is 13.5. The monoisotopic (exact) mass is 290 g/mol. The van der Waals surface area contributed by atoms with Crippen molar-refractivity contribution < 1.29 is 23.0 Å². The molecule has 0 spiro atoms. The maximum Gasteiger partial charge on any atom is 0.172 e. The summed E-state index contributed by atoms with van der Waals surface area (Å²) in [7, 11) is 0. The summed E-state index contributed by atoms with van der Waals surface area (Å²) >= 11 is 0. The van der Waals surface area contributed by atoms with Crippen LogP contribution < -0.4 is 9.47 Å². The number of ketones is 1. The zero-order valence-electron chi connectivity index (χ0n) is 11.1. The third kappa shape index (κ3) is 2.59. The molecule has 21 heavy (non-hydrogen) atoms. The second kappa shape index (κ2) is 5.52. The van der Waals surface area contributed by atoms with Crippen LogP contribution in [0.2, 0.25) is 0 Å². The average Bonchev–Trinajstić information content (AvgIpc) is 2.50. The molecule has 0 aromatic heterocycles. The Kier molecular flexibility index (Phi) is 3.56. The van der Waals surface area contributed by atoms with Gasteiger partial charge in [0.05, 0.1) is 5.56 Å². The van der Waals surface area contributed by atoms with Gasteiger partial charge in [0.1, 0.15) is 24.8 Å². The summed E-state index contributed by atoms with van der Waals surface area (Å²) in [6.45, 7) is 0.748. The van der Waals surface area contributed by atoms with Crippen molar-refractivity contribution in [2.75, 3.05) is 13.2 Å². The van der Waals surface area contributed by atoms with E-state index in [9.17, 15) is 13.6 Å². The Hall–Kier alpha value is -2.43. The van der Waals surface area contributed by atoms with Crippen LogP contribution in [0.15, 0.2) is 36.4 Å². The molecule has 0 unspecified atom stereocenters. The summed E-state index contributed by atoms with van der Waals surface area (Å²) in [5.41, 5.74) is 0.0340. The fraction of sp³-hybridized carbons (Fsp3) is 0.188. The summed E-state index contributed by atoms with van der Waals surface area (Å²) in [5.74, 6) is -1.07. The molecule has 0 saturated heterocycles. The van der Waals surface area contributed by atoms with Crippen LogP contribution in [-0.2, 0) is 6.42 Å². The number of rotatable bonds is 3. The summed E-state index contributed by atoms with van der Waals surface area (Å²) in [6, 6.07) is 8.43. The van der Waals surface area contributed by atoms with Crippen LogP contribution in [0.5, 0.6) is 11.5 Å². The largest absolute Gasteiger partial charge is 0.486 e. The topological polar surface area (TPSA) is 35.5 Å². The molecule has 0 aliphatic carbocycles. The predicted octanol–water partition coefficient (Wildman–Crippen LogP) is 3.16. The molecule has 0 bridgehead atoms. The molecule has 1 aliphatic rings. The Balaban J connectivity index is 1.93. The molecule has 1 heterocycles. The van der Waals surface area contributed by atoms with Crippen LogP contribution in [0, 0.1) is 11.6 Å². The van der Waals surface area contributed by atoms with Crippen molar-refractivity contribution in [3.05, 3.63) is 59.2 Å². The van der Waals surface area contributed by atoms with Crippen LogP contribution in [0.25, 0.3) is 0 Å². The van der Waals surface area contributed by atoms with E-state index in [1.165, 1.54) is 6.07 Å². The number of ether oxygens (including phenoxy) is 2. The molecule has 108 valence electrons. The normalized spacial score (nSPS) is 13.0. The standard InChI is InChI=1S/C16H12F2O3/c17-12-4-2-5-13(18)11(12)9-14(19)10-3-1-6-15-16(10)21-8-7-20-15/h1-6H,7-9H2. The number of benzene rings is 2. The van der Waals surface area contributed by atoms with Gasteiger partial charge in [-0.2, -0.15) is 0 Å². The molecule has 3 nitrogen and oxygen atoms in total. The molecule has 3 rings (SSSR count). The van der Waals surface area contributed by atoms with E-state index in [0.29, 0.717) is 24.7 Å². The minimum absolute atomic E-state index is 0.239. The van der Waals surface area contributed by atoms with Gasteiger partial charge < -0.3 is 9.47 Å². The third-order valence-electron chi connectivity index (χ3n) is 3.27. The Labute approximate surface area is 120 Å². The number of halogens is 2. The molecular formula is C16H12F2O3. The van der Waals surface area contributed by atoms with Gasteiger partial charge in [0.25, 0.3) is 0 Å². The van der Waals surface area contributed by atoms with Gasteiger partial charge in [0.2, 0.25) is 0 Å². The number of para-hydroxylation sites is 1. The van der Waals surface area contributed by atoms with Crippen molar-refractivity contribution in [3.63, 3.8) is 0 Å². The molecule has 0 atom stereocenters. The summed E-state index contributed by atoms with van der Waals surface area (Å²) < 4.78 is 38.1. The molecule has 2 aromatic carbocycles. The van der Waals surface area contributed by atoms with Gasteiger partial charge in [0.15, 0.2) is 17.3 Å². The molecule has 0 radical (unpaired) electrons. The molecule has 1 aliphatic heterocycles. The second-order valence-electron chi connectivity index (χ2n) is 4.63. The van der Waals surface area contributed by atoms with Crippen LogP contribution in [0.1, 0.15) is 15.9 Å². The first-order valence-corrected chi connectivity index (χ1v) is 6.51. The molecule has 5 heteroatoms. The van der Waals surface area contributed by atoms with E-state index in [2.05, 4.69) is 0 Å². The first-order valence-electron chi connectivity index (χ1n) is 6.51. The molecule has 0 fully saturated rings. The van der Waals surface area contributed by atoms with Gasteiger partial charge in [-0.1, -0.05) is 12.1 Å². The van der Waals surface area contributed by atoms with Crippen LogP contribution >= 0.6 is 0 Å². The van der Waals surface area contributed by atoms with Gasteiger partial charge in [-0.15, -0.1) is 0 Å². The predicted molar refractivity (Wildman–Crippen MR) is 71.8 cm³/mol. The molecular weight excluding hydrogens is 278 g/mol. The number of carbonyl (C=O) groups is 1. The number of hydrogen-bond acceptors (Lipinski definition) is 3. The molecule has 0 saturated carbocycles. The van der Waals surface area contributed by atoms with Crippen molar-refractivity contribution in [2.45, 2.75) is 6.42 Å². The number of carbonyl (C=O) groups excluding carboxylic acids is 1. The van der Waals surface area contributed by atoms with Gasteiger partial charge in [-0.25, -0.2) is 8.78 Å². The second-order valence-corrected chi connectivity index (χ2v) is 4.63. The van der Waals surface area contributed by atoms with Crippen molar-refractivity contribution in [1.82, 2.24) is 0 Å². The number of fused-ring (bicyclic) bond motifs is 1. The van der Waals surface area contributed by atoms with E-state index in [1.807, 2.05) is 0 Å². The third-order valence-corrected chi connectivity index (χ3v) is 3.27. The number of Topliss-reactive ketones (excluding diaryl/α,β-unsaturated/α-hetero) is 1. The maximum atomic E-state index is 13.6. The van der Waals surface area contributed by atoms with Crippen molar-refractivity contribution in [2.24, 2.45) is 0 Å². The summed E-state index contributed by atoms with van der Waals surface area (Å²) in [4.78, 5) is 12.3. The first-order chi connectivity index (χ1) is 10.2. The maximum absolute atomic E-state index is 13.6. The zero-order chi connectivity index (χ0) is 14.8. The Morgan fingerprint density at radius 3 is 2.43 bits per heavy atom. The lowest BCUT2D eigenvalue weighted by molar-refractivity contribution is 0.0979. The lowest BCUT2D eigenvalue weighted by Crippen LogP contribution is -2.18. The lowest BCUT2D eigenvalue weighted by atomic mass is 10.0. The highest BCUT2D eigenvalue weighted by molar-refractivity contribution is 6.00. The molecule has 2 aromatic rings. The highest BCUT2D eigenvalue weighted by atomic mass is 19.1. The van der Waals surface area contributed by atoms with Crippen molar-refractivity contribution in [3.8, 4) is 11.5 Å². The van der Waals surface area contributed by atoms with E-state index in [0.717, 1.165) is 12.1 Å². The van der Waals surface area contributed by atoms with Crippen molar-refractivity contribution in [1.29, 1.82) is 0 Å². The molecule has 0 N–H and O–H groups in total. The fourth-order valence-electron chi connectivity index (χ4n) is 2.25. The Morgan fingerprint density at radius 1 is 1.00 bits per heavy atom. The van der Waals surface area contributed by atoms with Gasteiger partial charge >= 0.3 is 0 Å². The van der Waals surface area contributed by atoms with Crippen LogP contribution in [0.4, 0.5) is 8.78 Å². The smallest absolute Gasteiger partial charge is 0.172 e. The minimum atomic E-state index is -0.731. The zero-order valence-corrected chi connectivity index (χ0v) is 11.1. The van der Waals surface area contributed by atoms with E-state index in [1.54, 1.807) is 18.2 Å². The van der Waals surface area contributed by atoms with Crippen molar-refractivity contribution >= 4 is 5.78 Å². The summed E-state index contributed by atoms with van der Waals surface area (Å²) in [5, 5.41) is 0. The quantitative estimate of drug-likeness (QED) is 0.815. The Bertz CT molecular complexity index is 678. The van der Waals surface area contributed by atoms with Gasteiger partial charge in [0, 0.05) is 12.0 Å². The highest BCUT2D eigenvalue weighted by Gasteiger charge is 2.22. The average molecular weight is 290 g/mol. The lowest BCUT2D eigenvalue weighted by Gasteiger charge is -2.20. The highest BCUT2D eigenvalue weighted by Crippen LogP contribution is 2.34. The SMILES string of the molecule is O=C(Cc1c(F)cccc1F)c1cccc2c1OCCO2. The number of hydrogen-bond donors (Lipinski definition) is 0. The molecule has 0 amide bonds. The Morgan fingerprint density at radius 2 is 1.67 bits per heavy atom. The van der Waals surface area contributed by atoms with Crippen LogP contribution in [0.3, 0.4) is 0 Å². The van der Waals surface area contributed by atoms with E-state index < -0.39 is 17.4 Å². The van der Waals surface area contributed by atoms with E-state index in [-0.39, 0.29) is 17.5 Å². The fourth-order valence-corrected chi connectivity index (χ4v) is 2.25. The van der Waals surface area contributed by atoms with Crippen LogP contribution in [-0.4, -0.2) is 19.0 Å². The summed E-state index contributed by atoms with van der Waals surface area (Å²) in [6.07, 6.45) is -0.363.